The summed E-state index contributed by atoms with van der Waals surface area (Å²) in [7, 11) is 0. The zero-order valence-electron chi connectivity index (χ0n) is 14.0. The van der Waals surface area contributed by atoms with Gasteiger partial charge >= 0.3 is 5.97 Å². The predicted molar refractivity (Wildman–Crippen MR) is 101 cm³/mol. The highest BCUT2D eigenvalue weighted by molar-refractivity contribution is 7.99. The number of benzene rings is 2. The summed E-state index contributed by atoms with van der Waals surface area (Å²) in [5.74, 6) is -0.285. The molecule has 0 aliphatic carbocycles. The van der Waals surface area contributed by atoms with Gasteiger partial charge in [-0.05, 0) is 17.7 Å². The fraction of sp³-hybridized carbons (Fsp3) is 0.211. The molecule has 2 aromatic carbocycles. The van der Waals surface area contributed by atoms with Gasteiger partial charge in [0.2, 0.25) is 5.91 Å². The van der Waals surface area contributed by atoms with Crippen molar-refractivity contribution in [2.45, 2.75) is 5.75 Å². The maximum absolute atomic E-state index is 12.4. The highest BCUT2D eigenvalue weighted by Gasteiger charge is 2.27. The van der Waals surface area contributed by atoms with Crippen molar-refractivity contribution in [3.63, 3.8) is 0 Å². The molecule has 0 aromatic heterocycles. The number of hydrogen-bond donors (Lipinski definition) is 1. The molecule has 0 saturated carbocycles. The maximum atomic E-state index is 12.4. The summed E-state index contributed by atoms with van der Waals surface area (Å²) < 4.78 is 5.06. The van der Waals surface area contributed by atoms with E-state index in [0.717, 1.165) is 5.56 Å². The van der Waals surface area contributed by atoms with Crippen LogP contribution in [0.2, 0.25) is 0 Å². The van der Waals surface area contributed by atoms with E-state index in [1.165, 1.54) is 16.7 Å². The van der Waals surface area contributed by atoms with Crippen molar-refractivity contribution in [3.05, 3.63) is 60.2 Å². The topological polar surface area (TPSA) is 75.7 Å². The highest BCUT2D eigenvalue weighted by Crippen LogP contribution is 2.28. The first-order valence-corrected chi connectivity index (χ1v) is 9.25. The van der Waals surface area contributed by atoms with Gasteiger partial charge in [-0.3, -0.25) is 19.3 Å². The monoisotopic (exact) mass is 370 g/mol. The number of carbonyl (C=O) groups is 3. The van der Waals surface area contributed by atoms with Crippen molar-refractivity contribution >= 4 is 40.9 Å². The Morgan fingerprint density at radius 1 is 1.08 bits per heavy atom. The third kappa shape index (κ3) is 4.64. The molecule has 1 N–H and O–H groups in total. The lowest BCUT2D eigenvalue weighted by Gasteiger charge is -2.28. The number of rotatable bonds is 6. The third-order valence-electron chi connectivity index (χ3n) is 3.76. The van der Waals surface area contributed by atoms with Gasteiger partial charge in [-0.1, -0.05) is 42.5 Å². The van der Waals surface area contributed by atoms with E-state index in [1.807, 2.05) is 30.3 Å². The first-order chi connectivity index (χ1) is 12.6. The minimum Gasteiger partial charge on any atom is -0.455 e. The number of anilines is 2. The molecule has 0 spiro atoms. The molecule has 0 fully saturated rings. The van der Waals surface area contributed by atoms with Crippen LogP contribution in [0, 0.1) is 0 Å². The van der Waals surface area contributed by atoms with Crippen LogP contribution >= 0.6 is 11.8 Å². The number of ether oxygens (including phenoxy) is 1. The Morgan fingerprint density at radius 2 is 1.81 bits per heavy atom. The molecular weight excluding hydrogens is 352 g/mol. The minimum atomic E-state index is -0.450. The third-order valence-corrected chi connectivity index (χ3v) is 4.74. The average molecular weight is 370 g/mol. The Hall–Kier alpha value is -2.80. The Kier molecular flexibility index (Phi) is 5.91. The zero-order valence-corrected chi connectivity index (χ0v) is 14.8. The molecule has 1 aliphatic heterocycles. The van der Waals surface area contributed by atoms with Gasteiger partial charge in [0, 0.05) is 5.75 Å². The van der Waals surface area contributed by atoms with Gasteiger partial charge in [-0.15, -0.1) is 11.8 Å². The lowest BCUT2D eigenvalue weighted by atomic mass is 10.2. The van der Waals surface area contributed by atoms with Crippen molar-refractivity contribution in [1.29, 1.82) is 0 Å². The number of carbonyl (C=O) groups excluding carboxylic acids is 3. The van der Waals surface area contributed by atoms with Gasteiger partial charge in [0.05, 0.1) is 17.1 Å². The van der Waals surface area contributed by atoms with E-state index in [4.69, 9.17) is 4.74 Å². The number of para-hydroxylation sites is 2. The number of esters is 1. The second kappa shape index (κ2) is 8.53. The van der Waals surface area contributed by atoms with Gasteiger partial charge in [0.25, 0.3) is 5.91 Å². The second-order valence-electron chi connectivity index (χ2n) is 5.68. The largest absolute Gasteiger partial charge is 0.455 e. The lowest BCUT2D eigenvalue weighted by Crippen LogP contribution is -2.44. The molecule has 26 heavy (non-hydrogen) atoms. The molecule has 1 heterocycles. The van der Waals surface area contributed by atoms with Crippen LogP contribution in [0.1, 0.15) is 5.56 Å². The molecule has 1 aliphatic rings. The van der Waals surface area contributed by atoms with Gasteiger partial charge in [0.1, 0.15) is 6.54 Å². The molecule has 7 heteroatoms. The summed E-state index contributed by atoms with van der Waals surface area (Å²) in [4.78, 5) is 37.3. The molecule has 0 saturated heterocycles. The Balaban J connectivity index is 1.48. The fourth-order valence-corrected chi connectivity index (χ4v) is 3.32. The summed E-state index contributed by atoms with van der Waals surface area (Å²) in [6.45, 7) is -0.470. The number of nitrogens with one attached hydrogen (secondary N) is 1. The summed E-state index contributed by atoms with van der Waals surface area (Å²) in [5, 5.41) is 2.71. The van der Waals surface area contributed by atoms with Gasteiger partial charge in [0.15, 0.2) is 6.61 Å². The maximum Gasteiger partial charge on any atom is 0.316 e. The predicted octanol–water partition coefficient (Wildman–Crippen LogP) is 2.45. The Bertz CT molecular complexity index is 810. The van der Waals surface area contributed by atoms with E-state index >= 15 is 0 Å². The molecule has 0 atom stereocenters. The zero-order chi connectivity index (χ0) is 18.4. The molecule has 0 radical (unpaired) electrons. The lowest BCUT2D eigenvalue weighted by molar-refractivity contribution is -0.145. The molecule has 6 nitrogen and oxygen atoms in total. The fourth-order valence-electron chi connectivity index (χ4n) is 2.54. The van der Waals surface area contributed by atoms with Crippen molar-refractivity contribution in [1.82, 2.24) is 0 Å². The van der Waals surface area contributed by atoms with Crippen LogP contribution in [0.5, 0.6) is 0 Å². The van der Waals surface area contributed by atoms with E-state index in [-0.39, 0.29) is 24.8 Å². The molecule has 134 valence electrons. The Labute approximate surface area is 155 Å². The van der Waals surface area contributed by atoms with Crippen LogP contribution in [0.3, 0.4) is 0 Å². The van der Waals surface area contributed by atoms with E-state index in [9.17, 15) is 14.4 Å². The first kappa shape index (κ1) is 18.0. The summed E-state index contributed by atoms with van der Waals surface area (Å²) in [6.07, 6.45) is 0. The standard InChI is InChI=1S/C19H18N2O4S/c22-17-10-21(16-9-5-4-8-15(16)20-17)18(23)11-25-19(24)13-26-12-14-6-2-1-3-7-14/h1-9H,10-13H2,(H,20,22). The van der Waals surface area contributed by atoms with Crippen LogP contribution in [0.25, 0.3) is 0 Å². The van der Waals surface area contributed by atoms with Crippen LogP contribution in [-0.4, -0.2) is 36.7 Å². The van der Waals surface area contributed by atoms with Gasteiger partial charge < -0.3 is 10.1 Å². The normalized spacial score (nSPS) is 12.9. The summed E-state index contributed by atoms with van der Waals surface area (Å²) in [6, 6.07) is 16.8. The molecular formula is C19H18N2O4S. The Morgan fingerprint density at radius 3 is 2.62 bits per heavy atom. The van der Waals surface area contributed by atoms with E-state index < -0.39 is 11.9 Å². The molecule has 3 rings (SSSR count). The molecule has 2 aromatic rings. The van der Waals surface area contributed by atoms with Crippen molar-refractivity contribution in [2.24, 2.45) is 0 Å². The van der Waals surface area contributed by atoms with E-state index in [0.29, 0.717) is 17.1 Å². The average Bonchev–Trinajstić information content (AvgIpc) is 2.66. The van der Waals surface area contributed by atoms with Gasteiger partial charge in [-0.2, -0.15) is 0 Å². The number of fused-ring (bicyclic) bond motifs is 1. The number of amides is 2. The quantitative estimate of drug-likeness (QED) is 0.791. The molecule has 2 amide bonds. The van der Waals surface area contributed by atoms with E-state index in [1.54, 1.807) is 24.3 Å². The number of thioether (sulfide) groups is 1. The van der Waals surface area contributed by atoms with E-state index in [2.05, 4.69) is 5.32 Å². The van der Waals surface area contributed by atoms with Crippen LogP contribution in [-0.2, 0) is 24.9 Å². The second-order valence-corrected chi connectivity index (χ2v) is 6.67. The summed E-state index contributed by atoms with van der Waals surface area (Å²) >= 11 is 1.43. The van der Waals surface area contributed by atoms with Gasteiger partial charge in [-0.25, -0.2) is 0 Å². The molecule has 0 unspecified atom stereocenters. The summed E-state index contributed by atoms with van der Waals surface area (Å²) in [5.41, 5.74) is 2.30. The smallest absolute Gasteiger partial charge is 0.316 e. The SMILES string of the molecule is O=C1CN(C(=O)COC(=O)CSCc2ccccc2)c2ccccc2N1. The first-order valence-electron chi connectivity index (χ1n) is 8.10. The number of nitrogens with zero attached hydrogens (tertiary/aromatic N) is 1. The van der Waals surface area contributed by atoms with Crippen molar-refractivity contribution in [3.8, 4) is 0 Å². The van der Waals surface area contributed by atoms with Crippen LogP contribution in [0.15, 0.2) is 54.6 Å². The highest BCUT2D eigenvalue weighted by atomic mass is 32.2. The van der Waals surface area contributed by atoms with Crippen LogP contribution < -0.4 is 10.2 Å². The minimum absolute atomic E-state index is 0.0871. The molecule has 0 bridgehead atoms. The van der Waals surface area contributed by atoms with Crippen LogP contribution in [0.4, 0.5) is 11.4 Å². The number of hydrogen-bond acceptors (Lipinski definition) is 5. The van der Waals surface area contributed by atoms with Crippen molar-refractivity contribution < 1.29 is 19.1 Å². The van der Waals surface area contributed by atoms with Crippen molar-refractivity contribution in [2.75, 3.05) is 29.1 Å².